The Bertz CT molecular complexity index is 429. The molecule has 1 radical (unpaired) electrons. The fraction of sp³-hybridized carbons (Fsp3) is 0.167. The van der Waals surface area contributed by atoms with E-state index in [-0.39, 0.29) is 0 Å². The first-order valence-corrected chi connectivity index (χ1v) is 6.52. The summed E-state index contributed by atoms with van der Waals surface area (Å²) in [6.07, 6.45) is 2.10. The molecule has 0 amide bonds. The van der Waals surface area contributed by atoms with Crippen molar-refractivity contribution in [3.8, 4) is 11.1 Å². The molecule has 0 unspecified atom stereocenters. The minimum Gasteiger partial charge on any atom is -0.142 e. The second-order valence-electron chi connectivity index (χ2n) is 3.11. The van der Waals surface area contributed by atoms with Gasteiger partial charge in [-0.25, -0.2) is 0 Å². The molecular weight excluding hydrogens is 208 g/mol. The molecule has 0 N–H and O–H groups in total. The first kappa shape index (κ1) is 9.81. The maximum atomic E-state index is 3.24. The molecule has 0 atom stereocenters. The van der Waals surface area contributed by atoms with Gasteiger partial charge in [-0.15, -0.1) is 23.1 Å². The van der Waals surface area contributed by atoms with E-state index >= 15 is 0 Å². The number of hydrogen-bond acceptors (Lipinski definition) is 2. The summed E-state index contributed by atoms with van der Waals surface area (Å²) < 4.78 is 0. The molecule has 14 heavy (non-hydrogen) atoms. The molecule has 71 valence electrons. The Labute approximate surface area is 93.0 Å². The Hall–Kier alpha value is -0.730. The minimum atomic E-state index is 1.24. The normalized spacial score (nSPS) is 10.4. The molecule has 2 aromatic rings. The molecule has 2 heteroatoms. The SMILES string of the molecule is CSc1cccc(-c2cs[c]c2C)c1. The Morgan fingerprint density at radius 3 is 2.86 bits per heavy atom. The Morgan fingerprint density at radius 2 is 2.21 bits per heavy atom. The summed E-state index contributed by atoms with van der Waals surface area (Å²) in [4.78, 5) is 1.31. The average Bonchev–Trinajstić information content (AvgIpc) is 2.65. The highest BCUT2D eigenvalue weighted by atomic mass is 32.2. The summed E-state index contributed by atoms with van der Waals surface area (Å²) in [7, 11) is 0. The lowest BCUT2D eigenvalue weighted by atomic mass is 10.1. The molecule has 0 fully saturated rings. The lowest BCUT2D eigenvalue weighted by molar-refractivity contribution is 1.44. The van der Waals surface area contributed by atoms with E-state index in [1.54, 1.807) is 23.1 Å². The molecule has 0 aliphatic carbocycles. The van der Waals surface area contributed by atoms with Gasteiger partial charge in [0, 0.05) is 10.3 Å². The van der Waals surface area contributed by atoms with E-state index in [0.717, 1.165) is 0 Å². The van der Waals surface area contributed by atoms with E-state index in [2.05, 4.69) is 48.2 Å². The monoisotopic (exact) mass is 219 g/mol. The third-order valence-electron chi connectivity index (χ3n) is 2.17. The summed E-state index contributed by atoms with van der Waals surface area (Å²) in [5.41, 5.74) is 3.85. The first-order valence-electron chi connectivity index (χ1n) is 4.41. The van der Waals surface area contributed by atoms with Crippen molar-refractivity contribution in [1.82, 2.24) is 0 Å². The molecule has 1 heterocycles. The fourth-order valence-electron chi connectivity index (χ4n) is 1.40. The molecule has 2 rings (SSSR count). The van der Waals surface area contributed by atoms with E-state index in [4.69, 9.17) is 0 Å². The summed E-state index contributed by atoms with van der Waals surface area (Å²) in [6, 6.07) is 8.63. The summed E-state index contributed by atoms with van der Waals surface area (Å²) in [6.45, 7) is 2.11. The van der Waals surface area contributed by atoms with Crippen molar-refractivity contribution in [2.24, 2.45) is 0 Å². The molecule has 0 nitrogen and oxygen atoms in total. The maximum Gasteiger partial charge on any atom is 0.0481 e. The smallest absolute Gasteiger partial charge is 0.0481 e. The average molecular weight is 219 g/mol. The van der Waals surface area contributed by atoms with Gasteiger partial charge < -0.3 is 0 Å². The van der Waals surface area contributed by atoms with Crippen LogP contribution >= 0.6 is 23.1 Å². The quantitative estimate of drug-likeness (QED) is 0.681. The third-order valence-corrected chi connectivity index (χ3v) is 3.68. The maximum absolute atomic E-state index is 3.24. The second kappa shape index (κ2) is 4.20. The van der Waals surface area contributed by atoms with Gasteiger partial charge in [0.1, 0.15) is 0 Å². The van der Waals surface area contributed by atoms with Crippen molar-refractivity contribution in [3.05, 3.63) is 40.6 Å². The van der Waals surface area contributed by atoms with E-state index in [1.807, 2.05) is 0 Å². The van der Waals surface area contributed by atoms with Crippen LogP contribution in [0.15, 0.2) is 34.5 Å². The van der Waals surface area contributed by atoms with Crippen LogP contribution in [0.1, 0.15) is 5.56 Å². The van der Waals surface area contributed by atoms with Crippen molar-refractivity contribution < 1.29 is 0 Å². The zero-order chi connectivity index (χ0) is 9.97. The molecular formula is C12H11S2. The van der Waals surface area contributed by atoms with Crippen LogP contribution in [0.2, 0.25) is 0 Å². The Morgan fingerprint density at radius 1 is 1.36 bits per heavy atom. The van der Waals surface area contributed by atoms with Crippen LogP contribution in [0.3, 0.4) is 0 Å². The van der Waals surface area contributed by atoms with Gasteiger partial charge in [0.2, 0.25) is 0 Å². The first-order chi connectivity index (χ1) is 6.81. The molecule has 0 saturated heterocycles. The highest BCUT2D eigenvalue weighted by Crippen LogP contribution is 2.28. The molecule has 1 aromatic heterocycles. The lowest BCUT2D eigenvalue weighted by Crippen LogP contribution is -1.78. The van der Waals surface area contributed by atoms with Gasteiger partial charge >= 0.3 is 0 Å². The van der Waals surface area contributed by atoms with Gasteiger partial charge in [-0.3, -0.25) is 0 Å². The Balaban J connectivity index is 2.47. The van der Waals surface area contributed by atoms with Crippen LogP contribution in [0.4, 0.5) is 0 Å². The zero-order valence-electron chi connectivity index (χ0n) is 8.20. The van der Waals surface area contributed by atoms with Crippen molar-refractivity contribution in [2.45, 2.75) is 11.8 Å². The predicted octanol–water partition coefficient (Wildman–Crippen LogP) is 4.25. The highest BCUT2D eigenvalue weighted by molar-refractivity contribution is 7.98. The molecule has 0 spiro atoms. The number of hydrogen-bond donors (Lipinski definition) is 0. The van der Waals surface area contributed by atoms with Crippen LogP contribution < -0.4 is 0 Å². The number of thioether (sulfide) groups is 1. The van der Waals surface area contributed by atoms with Gasteiger partial charge in [-0.2, -0.15) is 0 Å². The van der Waals surface area contributed by atoms with Crippen LogP contribution in [-0.2, 0) is 0 Å². The van der Waals surface area contributed by atoms with Crippen molar-refractivity contribution >= 4 is 23.1 Å². The number of benzene rings is 1. The predicted molar refractivity (Wildman–Crippen MR) is 65.1 cm³/mol. The van der Waals surface area contributed by atoms with Crippen LogP contribution in [0.25, 0.3) is 11.1 Å². The zero-order valence-corrected chi connectivity index (χ0v) is 9.84. The van der Waals surface area contributed by atoms with Crippen LogP contribution in [-0.4, -0.2) is 6.26 Å². The van der Waals surface area contributed by atoms with Crippen molar-refractivity contribution in [3.63, 3.8) is 0 Å². The highest BCUT2D eigenvalue weighted by Gasteiger charge is 2.03. The van der Waals surface area contributed by atoms with Gasteiger partial charge in [-0.1, -0.05) is 12.1 Å². The van der Waals surface area contributed by atoms with E-state index < -0.39 is 0 Å². The topological polar surface area (TPSA) is 0 Å². The van der Waals surface area contributed by atoms with Gasteiger partial charge in [0.25, 0.3) is 0 Å². The van der Waals surface area contributed by atoms with Gasteiger partial charge in [0.15, 0.2) is 0 Å². The number of thiophene rings is 1. The van der Waals surface area contributed by atoms with Gasteiger partial charge in [0.05, 0.1) is 0 Å². The van der Waals surface area contributed by atoms with Gasteiger partial charge in [-0.05, 0) is 47.4 Å². The molecule has 0 bridgehead atoms. The van der Waals surface area contributed by atoms with Crippen LogP contribution in [0, 0.1) is 12.3 Å². The van der Waals surface area contributed by atoms with Crippen molar-refractivity contribution in [1.29, 1.82) is 0 Å². The number of rotatable bonds is 2. The largest absolute Gasteiger partial charge is 0.142 e. The molecule has 0 saturated carbocycles. The Kier molecular flexibility index (Phi) is 2.94. The lowest BCUT2D eigenvalue weighted by Gasteiger charge is -2.02. The third kappa shape index (κ3) is 1.86. The summed E-state index contributed by atoms with van der Waals surface area (Å²) >= 11 is 3.42. The molecule has 1 aromatic carbocycles. The molecule has 0 aliphatic heterocycles. The van der Waals surface area contributed by atoms with E-state index in [1.165, 1.54) is 21.6 Å². The summed E-state index contributed by atoms with van der Waals surface area (Å²) in [5.74, 6) is 0. The van der Waals surface area contributed by atoms with Crippen molar-refractivity contribution in [2.75, 3.05) is 6.26 Å². The number of aryl methyl sites for hydroxylation is 1. The standard InChI is InChI=1S/C12H11S2/c1-9-7-14-8-12(9)10-4-3-5-11(6-10)13-2/h3-6,8H,1-2H3. The fourth-order valence-corrected chi connectivity index (χ4v) is 2.63. The minimum absolute atomic E-state index is 1.24. The summed E-state index contributed by atoms with van der Waals surface area (Å²) in [5, 5.41) is 5.40. The van der Waals surface area contributed by atoms with E-state index in [9.17, 15) is 0 Å². The van der Waals surface area contributed by atoms with Crippen LogP contribution in [0.5, 0.6) is 0 Å². The molecule has 0 aliphatic rings. The van der Waals surface area contributed by atoms with E-state index in [0.29, 0.717) is 0 Å². The second-order valence-corrected chi connectivity index (χ2v) is 4.66.